The molecule has 3 aromatic rings. The molecule has 36 heavy (non-hydrogen) atoms. The lowest BCUT2D eigenvalue weighted by atomic mass is 9.97. The van der Waals surface area contributed by atoms with Crippen molar-refractivity contribution in [3.63, 3.8) is 0 Å². The summed E-state index contributed by atoms with van der Waals surface area (Å²) < 4.78 is 13.6. The van der Waals surface area contributed by atoms with Crippen LogP contribution in [-0.2, 0) is 20.6 Å². The molecule has 2 heterocycles. The third-order valence-electron chi connectivity index (χ3n) is 7.89. The Bertz CT molecular complexity index is 1110. The van der Waals surface area contributed by atoms with Gasteiger partial charge in [-0.1, -0.05) is 112 Å². The second-order valence-electron chi connectivity index (χ2n) is 11.1. The van der Waals surface area contributed by atoms with Crippen LogP contribution in [0.25, 0.3) is 0 Å². The van der Waals surface area contributed by atoms with E-state index in [1.165, 1.54) is 10.4 Å². The van der Waals surface area contributed by atoms with Crippen LogP contribution in [0.4, 0.5) is 0 Å². The van der Waals surface area contributed by atoms with Crippen molar-refractivity contribution in [3.8, 4) is 0 Å². The number of ether oxygens (including phenoxy) is 1. The summed E-state index contributed by atoms with van der Waals surface area (Å²) in [6, 6.07) is 31.8. The maximum Gasteiger partial charge on any atom is 0.261 e. The number of amides is 1. The number of hydrogen-bond donors (Lipinski definition) is 0. The lowest BCUT2D eigenvalue weighted by Gasteiger charge is -2.44. The highest BCUT2D eigenvalue weighted by atomic mass is 28.4. The molecule has 2 aliphatic heterocycles. The van der Waals surface area contributed by atoms with Crippen LogP contribution in [0.2, 0.25) is 5.04 Å². The molecule has 5 heteroatoms. The van der Waals surface area contributed by atoms with Crippen LogP contribution >= 0.6 is 0 Å². The predicted molar refractivity (Wildman–Crippen MR) is 147 cm³/mol. The van der Waals surface area contributed by atoms with Gasteiger partial charge in [0.1, 0.15) is 6.10 Å². The second-order valence-corrected chi connectivity index (χ2v) is 15.4. The molecule has 4 nitrogen and oxygen atoms in total. The maximum absolute atomic E-state index is 13.4. The van der Waals surface area contributed by atoms with Gasteiger partial charge in [-0.2, -0.15) is 0 Å². The summed E-state index contributed by atoms with van der Waals surface area (Å²) in [4.78, 5) is 15.5. The molecule has 0 saturated carbocycles. The van der Waals surface area contributed by atoms with E-state index < -0.39 is 14.4 Å². The molecule has 2 aliphatic rings. The van der Waals surface area contributed by atoms with Crippen molar-refractivity contribution >= 4 is 24.6 Å². The fourth-order valence-electron chi connectivity index (χ4n) is 6.20. The lowest BCUT2D eigenvalue weighted by Crippen LogP contribution is -2.67. The molecule has 0 bridgehead atoms. The molecule has 188 valence electrons. The number of fused-ring (bicyclic) bond motifs is 1. The molecule has 2 saturated heterocycles. The maximum atomic E-state index is 13.4. The van der Waals surface area contributed by atoms with Crippen molar-refractivity contribution in [2.75, 3.05) is 13.2 Å². The van der Waals surface area contributed by atoms with E-state index in [4.69, 9.17) is 9.16 Å². The normalized spacial score (nSPS) is 22.1. The van der Waals surface area contributed by atoms with Crippen molar-refractivity contribution in [3.05, 3.63) is 96.6 Å². The number of carbonyl (C=O) groups excluding carboxylic acids is 1. The van der Waals surface area contributed by atoms with Crippen molar-refractivity contribution in [2.24, 2.45) is 5.92 Å². The van der Waals surface area contributed by atoms with E-state index in [-0.39, 0.29) is 22.9 Å². The molecule has 5 rings (SSSR count). The van der Waals surface area contributed by atoms with Gasteiger partial charge < -0.3 is 14.1 Å². The number of hydrogen-bond acceptors (Lipinski definition) is 3. The molecule has 1 amide bonds. The fourth-order valence-corrected chi connectivity index (χ4v) is 10.8. The summed E-state index contributed by atoms with van der Waals surface area (Å²) in [5, 5.41) is 2.42. The molecule has 3 aromatic carbocycles. The highest BCUT2D eigenvalue weighted by Gasteiger charge is 2.54. The minimum atomic E-state index is -2.68. The highest BCUT2D eigenvalue weighted by molar-refractivity contribution is 6.99. The van der Waals surface area contributed by atoms with E-state index >= 15 is 0 Å². The number of benzene rings is 3. The quantitative estimate of drug-likeness (QED) is 0.419. The Balaban J connectivity index is 1.48. The molecular weight excluding hydrogens is 462 g/mol. The van der Waals surface area contributed by atoms with Gasteiger partial charge in [-0.3, -0.25) is 4.79 Å². The van der Waals surface area contributed by atoms with E-state index in [1.54, 1.807) is 0 Å². The summed E-state index contributed by atoms with van der Waals surface area (Å²) in [5.41, 5.74) is 1.09. The molecule has 0 aromatic heterocycles. The summed E-state index contributed by atoms with van der Waals surface area (Å²) in [6.07, 6.45) is 1.61. The van der Waals surface area contributed by atoms with Crippen molar-refractivity contribution in [1.82, 2.24) is 4.90 Å². The minimum absolute atomic E-state index is 0.0189. The van der Waals surface area contributed by atoms with Crippen LogP contribution in [0.1, 0.15) is 39.2 Å². The van der Waals surface area contributed by atoms with E-state index in [1.807, 2.05) is 30.3 Å². The molecule has 0 spiro atoms. The first-order chi connectivity index (χ1) is 17.4. The predicted octanol–water partition coefficient (Wildman–Crippen LogP) is 4.77. The standard InChI is InChI=1S/C31H37NO3Si/c1-31(2,3)36(25-16-9-5-10-17-25,26-18-11-6-12-19-26)35-23-27-28-20-13-21-32(28)30(33)29(27)34-22-24-14-7-4-8-15-24/h4-12,14-19,27-29H,13,20-23H2,1-3H3/t27-,28-,29+/m1/s1. The van der Waals surface area contributed by atoms with Gasteiger partial charge in [-0.25, -0.2) is 0 Å². The zero-order chi connectivity index (χ0) is 25.2. The van der Waals surface area contributed by atoms with E-state index in [9.17, 15) is 4.79 Å². The highest BCUT2D eigenvalue weighted by Crippen LogP contribution is 2.40. The van der Waals surface area contributed by atoms with E-state index in [0.717, 1.165) is 24.9 Å². The number of nitrogens with zero attached hydrogens (tertiary/aromatic N) is 1. The second kappa shape index (κ2) is 10.3. The van der Waals surface area contributed by atoms with Crippen LogP contribution in [0.15, 0.2) is 91.0 Å². The van der Waals surface area contributed by atoms with Crippen LogP contribution in [0.5, 0.6) is 0 Å². The monoisotopic (exact) mass is 499 g/mol. The first kappa shape index (κ1) is 24.9. The summed E-state index contributed by atoms with van der Waals surface area (Å²) in [7, 11) is -2.68. The fraction of sp³-hybridized carbons (Fsp3) is 0.387. The first-order valence-corrected chi connectivity index (χ1v) is 15.0. The molecule has 0 unspecified atom stereocenters. The Labute approximate surface area is 216 Å². The zero-order valence-electron chi connectivity index (χ0n) is 21.6. The molecule has 2 fully saturated rings. The van der Waals surface area contributed by atoms with Crippen LogP contribution < -0.4 is 10.4 Å². The van der Waals surface area contributed by atoms with Gasteiger partial charge in [-0.05, 0) is 33.8 Å². The van der Waals surface area contributed by atoms with E-state index in [0.29, 0.717) is 13.2 Å². The lowest BCUT2D eigenvalue weighted by molar-refractivity contribution is -0.139. The van der Waals surface area contributed by atoms with Gasteiger partial charge in [0.15, 0.2) is 0 Å². The molecule has 3 atom stereocenters. The first-order valence-electron chi connectivity index (χ1n) is 13.1. The third kappa shape index (κ3) is 4.56. The Hall–Kier alpha value is -2.73. The van der Waals surface area contributed by atoms with Crippen LogP contribution in [0.3, 0.4) is 0 Å². The topological polar surface area (TPSA) is 38.8 Å². The largest absolute Gasteiger partial charge is 0.407 e. The molecule has 0 aliphatic carbocycles. The summed E-state index contributed by atoms with van der Waals surface area (Å²) >= 11 is 0. The smallest absolute Gasteiger partial charge is 0.261 e. The SMILES string of the molecule is CC(C)(C)[Si](OC[C@H]1[C@H](OCc2ccccc2)C(=O)N2CCC[C@H]12)(c1ccccc1)c1ccccc1. The Kier molecular flexibility index (Phi) is 7.15. The van der Waals surface area contributed by atoms with Crippen LogP contribution in [0, 0.1) is 5.92 Å². The van der Waals surface area contributed by atoms with Gasteiger partial charge in [0.05, 0.1) is 6.61 Å². The van der Waals surface area contributed by atoms with Crippen molar-refractivity contribution in [1.29, 1.82) is 0 Å². The summed E-state index contributed by atoms with van der Waals surface area (Å²) in [6.45, 7) is 8.66. The van der Waals surface area contributed by atoms with Crippen molar-refractivity contribution in [2.45, 2.75) is 57.4 Å². The Morgan fingerprint density at radius 2 is 1.42 bits per heavy atom. The Morgan fingerprint density at radius 3 is 1.97 bits per heavy atom. The number of carbonyl (C=O) groups is 1. The average molecular weight is 500 g/mol. The number of rotatable bonds is 8. The van der Waals surface area contributed by atoms with Gasteiger partial charge in [0.25, 0.3) is 14.2 Å². The Morgan fingerprint density at radius 1 is 0.861 bits per heavy atom. The van der Waals surface area contributed by atoms with Gasteiger partial charge in [-0.15, -0.1) is 0 Å². The molecular formula is C31H37NO3Si. The molecule has 0 radical (unpaired) electrons. The van der Waals surface area contributed by atoms with Crippen molar-refractivity contribution < 1.29 is 14.0 Å². The van der Waals surface area contributed by atoms with Gasteiger partial charge >= 0.3 is 0 Å². The van der Waals surface area contributed by atoms with Gasteiger partial charge in [0.2, 0.25) is 0 Å². The van der Waals surface area contributed by atoms with Crippen LogP contribution in [-0.4, -0.2) is 44.4 Å². The third-order valence-corrected chi connectivity index (χ3v) is 12.9. The van der Waals surface area contributed by atoms with Gasteiger partial charge in [0, 0.05) is 25.1 Å². The summed E-state index contributed by atoms with van der Waals surface area (Å²) in [5.74, 6) is 0.148. The average Bonchev–Trinajstić information content (AvgIpc) is 3.47. The molecule has 0 N–H and O–H groups in total. The zero-order valence-corrected chi connectivity index (χ0v) is 22.6. The van der Waals surface area contributed by atoms with E-state index in [2.05, 4.69) is 86.3 Å². The minimum Gasteiger partial charge on any atom is -0.407 e.